The summed E-state index contributed by atoms with van der Waals surface area (Å²) in [6, 6.07) is 2.74. The second-order valence-corrected chi connectivity index (χ2v) is 5.31. The summed E-state index contributed by atoms with van der Waals surface area (Å²) in [5.41, 5.74) is 1.50. The standard InChI is InChI=1S/C14H22N4/c1-4-11-5-7-12(8-6-11)16-14-13(9-15)10(2)17-18(14)3/h11-12,16H,4-8H2,1-3H3. The SMILES string of the molecule is CCC1CCC(Nc2c(C#N)c(C)nn2C)CC1. The molecule has 0 amide bonds. The Kier molecular flexibility index (Phi) is 3.90. The quantitative estimate of drug-likeness (QED) is 0.892. The van der Waals surface area contributed by atoms with Gasteiger partial charge in [0.25, 0.3) is 0 Å². The predicted octanol–water partition coefficient (Wildman–Crippen LogP) is 2.98. The van der Waals surface area contributed by atoms with Gasteiger partial charge in [0.2, 0.25) is 0 Å². The summed E-state index contributed by atoms with van der Waals surface area (Å²) < 4.78 is 1.79. The Labute approximate surface area is 109 Å². The van der Waals surface area contributed by atoms with Crippen molar-refractivity contribution in [2.75, 3.05) is 5.32 Å². The van der Waals surface area contributed by atoms with Crippen molar-refractivity contribution >= 4 is 5.82 Å². The molecular formula is C14H22N4. The monoisotopic (exact) mass is 246 g/mol. The van der Waals surface area contributed by atoms with Crippen LogP contribution in [0.3, 0.4) is 0 Å². The van der Waals surface area contributed by atoms with Gasteiger partial charge in [-0.25, -0.2) is 0 Å². The van der Waals surface area contributed by atoms with E-state index in [1.54, 1.807) is 4.68 Å². The summed E-state index contributed by atoms with van der Waals surface area (Å²) >= 11 is 0. The van der Waals surface area contributed by atoms with Gasteiger partial charge in [-0.2, -0.15) is 10.4 Å². The van der Waals surface area contributed by atoms with Crippen LogP contribution in [0.15, 0.2) is 0 Å². The second-order valence-electron chi connectivity index (χ2n) is 5.31. The minimum absolute atomic E-state index is 0.495. The molecule has 0 saturated heterocycles. The lowest BCUT2D eigenvalue weighted by Gasteiger charge is -2.29. The van der Waals surface area contributed by atoms with Crippen LogP contribution in [0.5, 0.6) is 0 Å². The van der Waals surface area contributed by atoms with Crippen LogP contribution in [0.1, 0.15) is 50.3 Å². The summed E-state index contributed by atoms with van der Waals surface area (Å²) in [7, 11) is 1.90. The Balaban J connectivity index is 2.05. The van der Waals surface area contributed by atoms with E-state index in [0.717, 1.165) is 17.4 Å². The smallest absolute Gasteiger partial charge is 0.142 e. The third-order valence-electron chi connectivity index (χ3n) is 4.10. The Morgan fingerprint density at radius 1 is 1.39 bits per heavy atom. The van der Waals surface area contributed by atoms with Crippen LogP contribution in [0.4, 0.5) is 5.82 Å². The predicted molar refractivity (Wildman–Crippen MR) is 72.3 cm³/mol. The zero-order valence-corrected chi connectivity index (χ0v) is 11.5. The molecule has 0 aliphatic heterocycles. The molecule has 1 aromatic heterocycles. The number of hydrogen-bond acceptors (Lipinski definition) is 3. The van der Waals surface area contributed by atoms with Gasteiger partial charge in [-0.15, -0.1) is 0 Å². The lowest BCUT2D eigenvalue weighted by Crippen LogP contribution is -2.27. The van der Waals surface area contributed by atoms with Crippen molar-refractivity contribution in [1.29, 1.82) is 5.26 Å². The molecule has 1 aliphatic carbocycles. The van der Waals surface area contributed by atoms with Crippen molar-refractivity contribution in [2.45, 2.75) is 52.0 Å². The molecule has 4 heteroatoms. The van der Waals surface area contributed by atoms with Crippen LogP contribution in [0.2, 0.25) is 0 Å². The van der Waals surface area contributed by atoms with Crippen molar-refractivity contribution in [2.24, 2.45) is 13.0 Å². The van der Waals surface area contributed by atoms with E-state index in [1.165, 1.54) is 32.1 Å². The average molecular weight is 246 g/mol. The highest BCUT2D eigenvalue weighted by Crippen LogP contribution is 2.29. The van der Waals surface area contributed by atoms with Crippen LogP contribution in [0, 0.1) is 24.2 Å². The molecule has 0 atom stereocenters. The van der Waals surface area contributed by atoms with Crippen LogP contribution in [0.25, 0.3) is 0 Å². The first kappa shape index (κ1) is 12.9. The van der Waals surface area contributed by atoms with Gasteiger partial charge in [-0.1, -0.05) is 13.3 Å². The Morgan fingerprint density at radius 3 is 2.61 bits per heavy atom. The van der Waals surface area contributed by atoms with E-state index in [9.17, 15) is 5.26 Å². The van der Waals surface area contributed by atoms with Crippen molar-refractivity contribution in [3.63, 3.8) is 0 Å². The number of anilines is 1. The summed E-state index contributed by atoms with van der Waals surface area (Å²) in [5, 5.41) is 17.0. The number of aryl methyl sites for hydroxylation is 2. The molecule has 1 heterocycles. The number of rotatable bonds is 3. The first-order chi connectivity index (χ1) is 8.65. The van der Waals surface area contributed by atoms with Crippen molar-refractivity contribution in [1.82, 2.24) is 9.78 Å². The highest BCUT2D eigenvalue weighted by atomic mass is 15.3. The molecular weight excluding hydrogens is 224 g/mol. The molecule has 18 heavy (non-hydrogen) atoms. The summed E-state index contributed by atoms with van der Waals surface area (Å²) in [5.74, 6) is 1.78. The highest BCUT2D eigenvalue weighted by molar-refractivity contribution is 5.55. The Bertz CT molecular complexity index is 447. The maximum absolute atomic E-state index is 9.18. The van der Waals surface area contributed by atoms with Crippen LogP contribution in [-0.4, -0.2) is 15.8 Å². The molecule has 1 saturated carbocycles. The van der Waals surface area contributed by atoms with Gasteiger partial charge < -0.3 is 5.32 Å². The molecule has 1 N–H and O–H groups in total. The van der Waals surface area contributed by atoms with Crippen molar-refractivity contribution in [3.8, 4) is 6.07 Å². The van der Waals surface area contributed by atoms with E-state index in [4.69, 9.17) is 0 Å². The van der Waals surface area contributed by atoms with Gasteiger partial charge in [0, 0.05) is 13.1 Å². The lowest BCUT2D eigenvalue weighted by molar-refractivity contribution is 0.329. The maximum Gasteiger partial charge on any atom is 0.142 e. The van der Waals surface area contributed by atoms with Crippen LogP contribution >= 0.6 is 0 Å². The van der Waals surface area contributed by atoms with Gasteiger partial charge in [0.1, 0.15) is 17.5 Å². The number of nitrogens with zero attached hydrogens (tertiary/aromatic N) is 3. The molecule has 1 fully saturated rings. The van der Waals surface area contributed by atoms with E-state index in [-0.39, 0.29) is 0 Å². The molecule has 1 aromatic rings. The molecule has 4 nitrogen and oxygen atoms in total. The Hall–Kier alpha value is -1.50. The first-order valence-electron chi connectivity index (χ1n) is 6.86. The first-order valence-corrected chi connectivity index (χ1v) is 6.86. The van der Waals surface area contributed by atoms with E-state index < -0.39 is 0 Å². The molecule has 2 rings (SSSR count). The number of nitriles is 1. The van der Waals surface area contributed by atoms with Crippen LogP contribution in [-0.2, 0) is 7.05 Å². The fourth-order valence-electron chi connectivity index (χ4n) is 2.87. The molecule has 0 spiro atoms. The second kappa shape index (κ2) is 5.43. The Morgan fingerprint density at radius 2 is 2.06 bits per heavy atom. The van der Waals surface area contributed by atoms with Crippen LogP contribution < -0.4 is 5.32 Å². The van der Waals surface area contributed by atoms with Crippen molar-refractivity contribution in [3.05, 3.63) is 11.3 Å². The zero-order valence-electron chi connectivity index (χ0n) is 11.5. The van der Waals surface area contributed by atoms with E-state index in [2.05, 4.69) is 23.4 Å². The van der Waals surface area contributed by atoms with E-state index >= 15 is 0 Å². The normalized spacial score (nSPS) is 23.7. The number of hydrogen-bond donors (Lipinski definition) is 1. The molecule has 0 unspecified atom stereocenters. The lowest BCUT2D eigenvalue weighted by atomic mass is 9.84. The third kappa shape index (κ3) is 2.50. The zero-order chi connectivity index (χ0) is 13.1. The highest BCUT2D eigenvalue weighted by Gasteiger charge is 2.22. The maximum atomic E-state index is 9.18. The third-order valence-corrected chi connectivity index (χ3v) is 4.10. The summed E-state index contributed by atoms with van der Waals surface area (Å²) in [6.45, 7) is 4.16. The fraction of sp³-hybridized carbons (Fsp3) is 0.714. The van der Waals surface area contributed by atoms with E-state index in [1.807, 2.05) is 14.0 Å². The molecule has 0 aromatic carbocycles. The molecule has 1 aliphatic rings. The van der Waals surface area contributed by atoms with Gasteiger partial charge in [-0.3, -0.25) is 4.68 Å². The van der Waals surface area contributed by atoms with Gasteiger partial charge in [0.15, 0.2) is 0 Å². The minimum Gasteiger partial charge on any atom is -0.366 e. The van der Waals surface area contributed by atoms with Crippen molar-refractivity contribution < 1.29 is 0 Å². The molecule has 0 radical (unpaired) electrons. The molecule has 98 valence electrons. The topological polar surface area (TPSA) is 53.6 Å². The minimum atomic E-state index is 0.495. The summed E-state index contributed by atoms with van der Waals surface area (Å²) in [4.78, 5) is 0. The van der Waals surface area contributed by atoms with Gasteiger partial charge in [-0.05, 0) is 38.5 Å². The van der Waals surface area contributed by atoms with E-state index in [0.29, 0.717) is 11.6 Å². The number of nitrogens with one attached hydrogen (secondary N) is 1. The largest absolute Gasteiger partial charge is 0.366 e. The van der Waals surface area contributed by atoms with Gasteiger partial charge in [0.05, 0.1) is 5.69 Å². The van der Waals surface area contributed by atoms with Gasteiger partial charge >= 0.3 is 0 Å². The fourth-order valence-corrected chi connectivity index (χ4v) is 2.87. The average Bonchev–Trinajstić information content (AvgIpc) is 2.64. The molecule has 0 bridgehead atoms. The summed E-state index contributed by atoms with van der Waals surface area (Å²) in [6.07, 6.45) is 6.29. The number of aromatic nitrogens is 2.